The number of amides is 1. The highest BCUT2D eigenvalue weighted by Gasteiger charge is 2.24. The zero-order chi connectivity index (χ0) is 21.7. The minimum absolute atomic E-state index is 0.0199. The minimum atomic E-state index is -0.524. The molecule has 0 spiro atoms. The fourth-order valence-corrected chi connectivity index (χ4v) is 2.94. The quantitative estimate of drug-likeness (QED) is 0.637. The number of ether oxygens (including phenoxy) is 2. The van der Waals surface area contributed by atoms with E-state index >= 15 is 0 Å². The summed E-state index contributed by atoms with van der Waals surface area (Å²) in [6.07, 6.45) is 2.29. The van der Waals surface area contributed by atoms with E-state index in [4.69, 9.17) is 16.0 Å². The highest BCUT2D eigenvalue weighted by molar-refractivity contribution is 5.72. The second-order valence-corrected chi connectivity index (χ2v) is 7.94. The molecule has 0 saturated carbocycles. The van der Waals surface area contributed by atoms with Crippen molar-refractivity contribution < 1.29 is 18.7 Å². The second-order valence-electron chi connectivity index (χ2n) is 7.94. The van der Waals surface area contributed by atoms with Crippen molar-refractivity contribution in [2.24, 2.45) is 0 Å². The van der Waals surface area contributed by atoms with Gasteiger partial charge < -0.3 is 14.4 Å². The molecule has 0 radical (unpaired) electrons. The van der Waals surface area contributed by atoms with Gasteiger partial charge in [0.25, 0.3) is 0 Å². The smallest absolute Gasteiger partial charge is 0.410 e. The Balaban J connectivity index is 1.63. The lowest BCUT2D eigenvalue weighted by Crippen LogP contribution is -2.39. The van der Waals surface area contributed by atoms with E-state index in [-0.39, 0.29) is 18.4 Å². The number of aromatic nitrogens is 1. The van der Waals surface area contributed by atoms with Crippen LogP contribution in [0.15, 0.2) is 42.5 Å². The molecule has 1 aliphatic rings. The summed E-state index contributed by atoms with van der Waals surface area (Å²) < 4.78 is 25.1. The Morgan fingerprint density at radius 3 is 2.73 bits per heavy atom. The number of carbonyl (C=O) groups excluding carboxylic acids is 1. The summed E-state index contributed by atoms with van der Waals surface area (Å²) in [6.45, 7) is 13.5. The molecule has 1 aromatic carbocycles. The molecule has 0 N–H and O–H groups in total. The molecule has 0 aliphatic carbocycles. The van der Waals surface area contributed by atoms with Crippen molar-refractivity contribution in [2.45, 2.75) is 39.4 Å². The fourth-order valence-electron chi connectivity index (χ4n) is 2.94. The third kappa shape index (κ3) is 5.57. The highest BCUT2D eigenvalue weighted by Crippen LogP contribution is 2.24. The lowest BCUT2D eigenvalue weighted by molar-refractivity contribution is 0.0270. The molecule has 0 bridgehead atoms. The van der Waals surface area contributed by atoms with Gasteiger partial charge in [-0.05, 0) is 44.9 Å². The van der Waals surface area contributed by atoms with Gasteiger partial charge in [-0.15, -0.1) is 0 Å². The molecule has 1 amide bonds. The zero-order valence-corrected chi connectivity index (χ0v) is 17.3. The van der Waals surface area contributed by atoms with Crippen LogP contribution in [-0.4, -0.2) is 34.7 Å². The molecule has 1 aromatic heterocycles. The summed E-state index contributed by atoms with van der Waals surface area (Å²) in [6, 6.07) is 9.72. The molecule has 3 rings (SSSR count). The molecule has 30 heavy (non-hydrogen) atoms. The lowest BCUT2D eigenvalue weighted by atomic mass is 10.0. The van der Waals surface area contributed by atoms with Gasteiger partial charge in [0, 0.05) is 24.7 Å². The molecular formula is C23H24FN3O3. The number of hydrogen-bond donors (Lipinski definition) is 0. The van der Waals surface area contributed by atoms with Crippen molar-refractivity contribution in [3.05, 3.63) is 71.0 Å². The van der Waals surface area contributed by atoms with Gasteiger partial charge in [0.1, 0.15) is 18.0 Å². The van der Waals surface area contributed by atoms with Crippen molar-refractivity contribution in [1.29, 1.82) is 0 Å². The molecule has 0 saturated heterocycles. The van der Waals surface area contributed by atoms with E-state index in [0.717, 1.165) is 11.3 Å². The Hall–Kier alpha value is -3.40. The van der Waals surface area contributed by atoms with Gasteiger partial charge in [-0.2, -0.15) is 0 Å². The molecule has 2 heterocycles. The molecule has 2 aromatic rings. The van der Waals surface area contributed by atoms with E-state index in [2.05, 4.69) is 9.83 Å². The number of halogens is 1. The summed E-state index contributed by atoms with van der Waals surface area (Å²) in [7, 11) is 0. The van der Waals surface area contributed by atoms with Crippen LogP contribution in [0, 0.1) is 12.4 Å². The number of rotatable bonds is 4. The predicted molar refractivity (Wildman–Crippen MR) is 112 cm³/mol. The van der Waals surface area contributed by atoms with Gasteiger partial charge in [0.2, 0.25) is 5.88 Å². The summed E-state index contributed by atoms with van der Waals surface area (Å²) in [4.78, 5) is 21.6. The Morgan fingerprint density at radius 2 is 2.10 bits per heavy atom. The van der Waals surface area contributed by atoms with E-state index in [9.17, 15) is 9.18 Å². The Bertz CT molecular complexity index is 1010. The van der Waals surface area contributed by atoms with Crippen LogP contribution in [0.2, 0.25) is 0 Å². The predicted octanol–water partition coefficient (Wildman–Crippen LogP) is 5.37. The van der Waals surface area contributed by atoms with Gasteiger partial charge in [-0.25, -0.2) is 19.0 Å². The van der Waals surface area contributed by atoms with Crippen LogP contribution in [0.4, 0.5) is 14.9 Å². The number of nitrogens with zero attached hydrogens (tertiary/aromatic N) is 3. The van der Waals surface area contributed by atoms with E-state index < -0.39 is 11.4 Å². The van der Waals surface area contributed by atoms with Crippen LogP contribution in [0.5, 0.6) is 5.88 Å². The molecule has 0 unspecified atom stereocenters. The average Bonchev–Trinajstić information content (AvgIpc) is 2.72. The van der Waals surface area contributed by atoms with Gasteiger partial charge in [0.05, 0.1) is 12.3 Å². The first-order chi connectivity index (χ1) is 14.2. The van der Waals surface area contributed by atoms with Crippen LogP contribution >= 0.6 is 0 Å². The Labute approximate surface area is 175 Å². The van der Waals surface area contributed by atoms with Crippen molar-refractivity contribution in [3.8, 4) is 5.88 Å². The molecule has 0 atom stereocenters. The molecule has 7 heteroatoms. The largest absolute Gasteiger partial charge is 0.473 e. The maximum atomic E-state index is 14.0. The number of benzene rings is 1. The van der Waals surface area contributed by atoms with Gasteiger partial charge in [-0.3, -0.25) is 0 Å². The van der Waals surface area contributed by atoms with Crippen LogP contribution in [0.25, 0.3) is 10.4 Å². The number of hydrogen-bond acceptors (Lipinski definition) is 4. The summed E-state index contributed by atoms with van der Waals surface area (Å²) >= 11 is 0. The van der Waals surface area contributed by atoms with Crippen molar-refractivity contribution in [3.63, 3.8) is 0 Å². The minimum Gasteiger partial charge on any atom is -0.473 e. The maximum absolute atomic E-state index is 14.0. The summed E-state index contributed by atoms with van der Waals surface area (Å²) in [5, 5.41) is 0. The molecule has 156 valence electrons. The van der Waals surface area contributed by atoms with Crippen LogP contribution in [-0.2, 0) is 11.3 Å². The number of pyridine rings is 1. The van der Waals surface area contributed by atoms with Crippen LogP contribution < -0.4 is 4.74 Å². The third-order valence-corrected chi connectivity index (χ3v) is 4.45. The van der Waals surface area contributed by atoms with Gasteiger partial charge in [0.15, 0.2) is 5.69 Å². The highest BCUT2D eigenvalue weighted by atomic mass is 19.1. The fraction of sp³-hybridized carbons (Fsp3) is 0.348. The lowest BCUT2D eigenvalue weighted by Gasteiger charge is -2.29. The summed E-state index contributed by atoms with van der Waals surface area (Å²) in [5.41, 5.74) is 1.87. The zero-order valence-electron chi connectivity index (χ0n) is 17.3. The first kappa shape index (κ1) is 21.3. The number of carbonyl (C=O) groups is 1. The molecule has 1 aliphatic heterocycles. The van der Waals surface area contributed by atoms with Crippen molar-refractivity contribution in [1.82, 2.24) is 9.88 Å². The van der Waals surface area contributed by atoms with E-state index in [0.29, 0.717) is 31.0 Å². The van der Waals surface area contributed by atoms with Gasteiger partial charge >= 0.3 is 6.09 Å². The average molecular weight is 409 g/mol. The van der Waals surface area contributed by atoms with Gasteiger partial charge in [-0.1, -0.05) is 24.3 Å². The second kappa shape index (κ2) is 8.95. The van der Waals surface area contributed by atoms with E-state index in [1.807, 2.05) is 39.0 Å². The van der Waals surface area contributed by atoms with Crippen molar-refractivity contribution >= 4 is 17.4 Å². The summed E-state index contributed by atoms with van der Waals surface area (Å²) in [5.74, 6) is -0.0893. The molecule has 0 fully saturated rings. The first-order valence-electron chi connectivity index (χ1n) is 9.68. The Kier molecular flexibility index (Phi) is 6.36. The monoisotopic (exact) mass is 409 g/mol. The third-order valence-electron chi connectivity index (χ3n) is 4.45. The molecular weight excluding hydrogens is 385 g/mol. The molecule has 6 nitrogen and oxygen atoms in total. The topological polar surface area (TPSA) is 56.0 Å². The maximum Gasteiger partial charge on any atom is 0.410 e. The van der Waals surface area contributed by atoms with E-state index in [1.54, 1.807) is 23.1 Å². The standard InChI is InChI=1S/C23H24FN3O3/c1-23(2,3)30-22(28)27-12-10-16(11-13-27)20-6-5-7-21(26-20)29-15-17-8-9-18(25-4)14-19(17)24/h5-10,14H,11-13,15H2,1-3H3. The first-order valence-corrected chi connectivity index (χ1v) is 9.68. The Morgan fingerprint density at radius 1 is 1.30 bits per heavy atom. The van der Waals surface area contributed by atoms with Crippen molar-refractivity contribution in [2.75, 3.05) is 13.1 Å². The van der Waals surface area contributed by atoms with Crippen LogP contribution in [0.3, 0.4) is 0 Å². The van der Waals surface area contributed by atoms with E-state index in [1.165, 1.54) is 6.07 Å². The SMILES string of the molecule is [C-]#[N+]c1ccc(COc2cccc(C3=CCN(C(=O)OC(C)(C)C)CC3)n2)c(F)c1. The normalized spacial score (nSPS) is 14.0. The van der Waals surface area contributed by atoms with Crippen LogP contribution in [0.1, 0.15) is 38.4 Å².